The van der Waals surface area contributed by atoms with E-state index in [9.17, 15) is 8.42 Å². The fourth-order valence-corrected chi connectivity index (χ4v) is 1.63. The van der Waals surface area contributed by atoms with Crippen molar-refractivity contribution in [3.05, 3.63) is 18.1 Å². The monoisotopic (exact) mass is 185 g/mol. The molecule has 0 saturated heterocycles. The van der Waals surface area contributed by atoms with Gasteiger partial charge in [-0.1, -0.05) is 0 Å². The van der Waals surface area contributed by atoms with Crippen LogP contribution in [-0.2, 0) is 16.8 Å². The molecule has 7 heteroatoms. The predicted octanol–water partition coefficient (Wildman–Crippen LogP) is -0.940. The smallest absolute Gasteiger partial charge is 0.254 e. The van der Waals surface area contributed by atoms with Crippen LogP contribution >= 0.6 is 0 Å². The van der Waals surface area contributed by atoms with Crippen molar-refractivity contribution in [2.75, 3.05) is 0 Å². The molecule has 1 radical (unpaired) electrons. The Balaban J connectivity index is 2.48. The highest BCUT2D eigenvalue weighted by atomic mass is 32.2. The number of fused-ring (bicyclic) bond motifs is 1. The van der Waals surface area contributed by atoms with Crippen LogP contribution in [0, 0.1) is 0 Å². The normalized spacial score (nSPS) is 19.3. The van der Waals surface area contributed by atoms with Crippen LogP contribution in [0.3, 0.4) is 0 Å². The molecule has 0 spiro atoms. The van der Waals surface area contributed by atoms with Crippen LogP contribution in [0.25, 0.3) is 0 Å². The van der Waals surface area contributed by atoms with Gasteiger partial charge >= 0.3 is 10.2 Å². The molecule has 1 N–H and O–H groups in total. The lowest BCUT2D eigenvalue weighted by atomic mass is 10.4. The summed E-state index contributed by atoms with van der Waals surface area (Å²) in [4.78, 5) is 7.67. The van der Waals surface area contributed by atoms with Gasteiger partial charge in [-0.05, 0) is 0 Å². The van der Waals surface area contributed by atoms with Gasteiger partial charge in [0, 0.05) is 12.4 Å². The molecule has 0 amide bonds. The zero-order chi connectivity index (χ0) is 8.60. The second-order valence-electron chi connectivity index (χ2n) is 2.21. The summed E-state index contributed by atoms with van der Waals surface area (Å²) in [6.45, 7) is 0.162. The molecule has 0 aromatic carbocycles. The van der Waals surface area contributed by atoms with Gasteiger partial charge in [-0.25, -0.2) is 4.98 Å². The lowest BCUT2D eigenvalue weighted by Crippen LogP contribution is -2.34. The maximum atomic E-state index is 10.9. The van der Waals surface area contributed by atoms with Gasteiger partial charge in [-0.3, -0.25) is 4.98 Å². The van der Waals surface area contributed by atoms with Gasteiger partial charge in [-0.15, -0.1) is 4.72 Å². The topological polar surface area (TPSA) is 86.1 Å². The first-order chi connectivity index (χ1) is 5.67. The highest BCUT2D eigenvalue weighted by molar-refractivity contribution is 7.87. The average Bonchev–Trinajstić information content (AvgIpc) is 2.02. The van der Waals surface area contributed by atoms with Gasteiger partial charge in [-0.2, -0.15) is 13.1 Å². The van der Waals surface area contributed by atoms with E-state index in [0.717, 1.165) is 0 Å². The number of nitrogens with one attached hydrogen (secondary N) is 1. The van der Waals surface area contributed by atoms with Crippen LogP contribution < -0.4 is 9.44 Å². The first kappa shape index (κ1) is 7.44. The van der Waals surface area contributed by atoms with E-state index in [4.69, 9.17) is 0 Å². The molecule has 2 rings (SSSR count). The Morgan fingerprint density at radius 1 is 1.33 bits per heavy atom. The third kappa shape index (κ3) is 1.23. The number of hydrogen-bond donors (Lipinski definition) is 1. The van der Waals surface area contributed by atoms with Crippen LogP contribution in [0.15, 0.2) is 12.4 Å². The fourth-order valence-electron chi connectivity index (χ4n) is 0.866. The molecule has 1 aliphatic heterocycles. The van der Waals surface area contributed by atoms with Gasteiger partial charge in [0.25, 0.3) is 0 Å². The summed E-state index contributed by atoms with van der Waals surface area (Å²) < 4.78 is 27.3. The minimum absolute atomic E-state index is 0.162. The second-order valence-corrected chi connectivity index (χ2v) is 3.64. The van der Waals surface area contributed by atoms with Gasteiger partial charge < -0.3 is 0 Å². The van der Waals surface area contributed by atoms with E-state index in [1.807, 2.05) is 0 Å². The van der Waals surface area contributed by atoms with Crippen molar-refractivity contribution in [1.82, 2.24) is 19.4 Å². The summed E-state index contributed by atoms with van der Waals surface area (Å²) in [5, 5.41) is 0. The molecule has 63 valence electrons. The molecule has 0 unspecified atom stereocenters. The third-order valence-corrected chi connectivity index (χ3v) is 2.30. The van der Waals surface area contributed by atoms with Crippen molar-refractivity contribution >= 4 is 16.0 Å². The van der Waals surface area contributed by atoms with Crippen molar-refractivity contribution in [2.24, 2.45) is 0 Å². The number of rotatable bonds is 0. The largest absolute Gasteiger partial charge is 0.322 e. The predicted molar refractivity (Wildman–Crippen MR) is 39.6 cm³/mol. The van der Waals surface area contributed by atoms with Gasteiger partial charge in [0.15, 0.2) is 5.82 Å². The van der Waals surface area contributed by atoms with E-state index >= 15 is 0 Å². The minimum Gasteiger partial charge on any atom is -0.254 e. The Labute approximate surface area is 69.2 Å². The van der Waals surface area contributed by atoms with Crippen molar-refractivity contribution in [3.63, 3.8) is 0 Å². The summed E-state index contributed by atoms with van der Waals surface area (Å²) in [6.07, 6.45) is 2.90. The van der Waals surface area contributed by atoms with Crippen molar-refractivity contribution < 1.29 is 8.42 Å². The van der Waals surface area contributed by atoms with Crippen LogP contribution in [-0.4, -0.2) is 18.4 Å². The minimum atomic E-state index is -3.52. The fraction of sp³-hybridized carbons (Fsp3) is 0.200. The molecule has 0 fully saturated rings. The highest BCUT2D eigenvalue weighted by Gasteiger charge is 2.22. The average molecular weight is 185 g/mol. The van der Waals surface area contributed by atoms with Crippen molar-refractivity contribution in [3.8, 4) is 0 Å². The zero-order valence-electron chi connectivity index (χ0n) is 5.93. The van der Waals surface area contributed by atoms with Crippen molar-refractivity contribution in [1.29, 1.82) is 0 Å². The molecule has 0 atom stereocenters. The molecular weight excluding hydrogens is 180 g/mol. The Hall–Kier alpha value is -1.21. The Morgan fingerprint density at radius 3 is 2.92 bits per heavy atom. The lowest BCUT2D eigenvalue weighted by Gasteiger charge is -2.13. The first-order valence-corrected chi connectivity index (χ1v) is 4.64. The van der Waals surface area contributed by atoms with Crippen LogP contribution in [0.5, 0.6) is 0 Å². The Morgan fingerprint density at radius 2 is 2.08 bits per heavy atom. The van der Waals surface area contributed by atoms with Crippen LogP contribution in [0.1, 0.15) is 5.69 Å². The molecule has 1 aromatic rings. The van der Waals surface area contributed by atoms with E-state index in [2.05, 4.69) is 19.4 Å². The molecule has 0 bridgehead atoms. The summed E-state index contributed by atoms with van der Waals surface area (Å²) in [6, 6.07) is 0. The van der Waals surface area contributed by atoms with E-state index in [1.165, 1.54) is 12.4 Å². The zero-order valence-corrected chi connectivity index (χ0v) is 6.74. The van der Waals surface area contributed by atoms with E-state index in [0.29, 0.717) is 5.69 Å². The molecule has 1 aliphatic rings. The Kier molecular flexibility index (Phi) is 1.48. The summed E-state index contributed by atoms with van der Waals surface area (Å²) >= 11 is 0. The van der Waals surface area contributed by atoms with Crippen LogP contribution in [0.4, 0.5) is 5.82 Å². The van der Waals surface area contributed by atoms with Crippen LogP contribution in [0.2, 0.25) is 0 Å². The summed E-state index contributed by atoms with van der Waals surface area (Å²) in [7, 11) is -3.52. The molecule has 1 aromatic heterocycles. The summed E-state index contributed by atoms with van der Waals surface area (Å²) in [5.41, 5.74) is 0.548. The van der Waals surface area contributed by atoms with E-state index < -0.39 is 10.2 Å². The molecule has 0 aliphatic carbocycles. The molecule has 6 nitrogen and oxygen atoms in total. The molecular formula is C5H5N4O2S. The van der Waals surface area contributed by atoms with E-state index in [-0.39, 0.29) is 12.4 Å². The maximum Gasteiger partial charge on any atom is 0.322 e. The number of aromatic nitrogens is 2. The number of nitrogens with zero attached hydrogens (tertiary/aromatic N) is 3. The standard InChI is InChI=1S/C5H5N4O2S/c10-12(11)8-3-4-5(9-12)7-2-1-6-4/h1-2,8H,3H2. The summed E-state index contributed by atoms with van der Waals surface area (Å²) in [5.74, 6) is 0.177. The number of hydrogen-bond acceptors (Lipinski definition) is 4. The van der Waals surface area contributed by atoms with Gasteiger partial charge in [0.1, 0.15) is 5.69 Å². The highest BCUT2D eigenvalue weighted by Crippen LogP contribution is 2.13. The quantitative estimate of drug-likeness (QED) is 0.565. The second kappa shape index (κ2) is 2.39. The molecule has 0 saturated carbocycles. The maximum absolute atomic E-state index is 10.9. The van der Waals surface area contributed by atoms with Crippen molar-refractivity contribution in [2.45, 2.75) is 6.54 Å². The molecule has 2 heterocycles. The SMILES string of the molecule is O=S1(=O)[N]c2nccnc2CN1. The van der Waals surface area contributed by atoms with Gasteiger partial charge in [0.2, 0.25) is 0 Å². The first-order valence-electron chi connectivity index (χ1n) is 3.20. The third-order valence-electron chi connectivity index (χ3n) is 1.38. The lowest BCUT2D eigenvalue weighted by molar-refractivity contribution is 0.567. The Bertz CT molecular complexity index is 402. The molecule has 12 heavy (non-hydrogen) atoms. The van der Waals surface area contributed by atoms with E-state index in [1.54, 1.807) is 0 Å². The van der Waals surface area contributed by atoms with Gasteiger partial charge in [0.05, 0.1) is 6.54 Å².